The lowest BCUT2D eigenvalue weighted by atomic mass is 9.52. The third-order valence-corrected chi connectivity index (χ3v) is 9.98. The number of rotatable bonds is 1. The van der Waals surface area contributed by atoms with Crippen LogP contribution in [0.2, 0.25) is 0 Å². The summed E-state index contributed by atoms with van der Waals surface area (Å²) in [6.07, 6.45) is 4.08. The molecule has 0 aromatic rings. The predicted octanol–water partition coefficient (Wildman–Crippen LogP) is 2.26. The minimum absolute atomic E-state index is 0.175. The van der Waals surface area contributed by atoms with E-state index in [9.17, 15) is 20.1 Å². The van der Waals surface area contributed by atoms with Gasteiger partial charge in [-0.3, -0.25) is 4.79 Å². The standard InChI is InChI=1S/C25H34O6/c1-12(2)13-7-8-22(3)9-10-23(4)15(16(13)22)6-5-14-17-19(23)31-21-25(17,29)20(27)24(28,11-30-21)18(14)26/h5,12,15,17-19,21,26,28-29H,6-11H2,1-4H3/t15-,17-,18-,19+,21+,22-,23-,24-,25-/m1/s1. The average Bonchev–Trinajstić information content (AvgIpc) is 3.20. The number of ketones is 1. The second-order valence-corrected chi connectivity index (χ2v) is 11.8. The second-order valence-electron chi connectivity index (χ2n) is 11.8. The van der Waals surface area contributed by atoms with Crippen LogP contribution in [0.3, 0.4) is 0 Å². The molecule has 4 fully saturated rings. The zero-order valence-electron chi connectivity index (χ0n) is 18.9. The molecular formula is C25H34O6. The van der Waals surface area contributed by atoms with E-state index >= 15 is 0 Å². The fraction of sp³-hybridized carbons (Fsp3) is 0.800. The van der Waals surface area contributed by atoms with Crippen LogP contribution in [0.25, 0.3) is 0 Å². The van der Waals surface area contributed by atoms with E-state index in [2.05, 4.69) is 27.7 Å². The fourth-order valence-electron chi connectivity index (χ4n) is 8.18. The molecule has 6 heteroatoms. The van der Waals surface area contributed by atoms with Gasteiger partial charge in [-0.05, 0) is 54.9 Å². The molecule has 31 heavy (non-hydrogen) atoms. The van der Waals surface area contributed by atoms with Crippen molar-refractivity contribution in [2.45, 2.75) is 89.5 Å². The Morgan fingerprint density at radius 3 is 2.61 bits per heavy atom. The molecule has 6 nitrogen and oxygen atoms in total. The van der Waals surface area contributed by atoms with Crippen LogP contribution in [0.15, 0.2) is 22.8 Å². The molecular weight excluding hydrogens is 396 g/mol. The number of hydrogen-bond donors (Lipinski definition) is 3. The zero-order valence-corrected chi connectivity index (χ0v) is 18.9. The van der Waals surface area contributed by atoms with Gasteiger partial charge in [-0.25, -0.2) is 0 Å². The van der Waals surface area contributed by atoms with Gasteiger partial charge in [-0.1, -0.05) is 44.9 Å². The molecule has 0 aromatic carbocycles. The molecule has 2 heterocycles. The fourth-order valence-corrected chi connectivity index (χ4v) is 8.18. The van der Waals surface area contributed by atoms with Crippen molar-refractivity contribution in [3.05, 3.63) is 22.8 Å². The van der Waals surface area contributed by atoms with E-state index in [0.717, 1.165) is 25.7 Å². The number of Topliss-reactive ketones (excluding diaryl/α,β-unsaturated/α-hetero) is 1. The van der Waals surface area contributed by atoms with E-state index in [4.69, 9.17) is 9.47 Å². The zero-order chi connectivity index (χ0) is 22.1. The van der Waals surface area contributed by atoms with Crippen molar-refractivity contribution in [3.8, 4) is 0 Å². The maximum Gasteiger partial charge on any atom is 0.207 e. The van der Waals surface area contributed by atoms with Gasteiger partial charge in [0.2, 0.25) is 5.78 Å². The maximum atomic E-state index is 13.2. The number of ether oxygens (including phenoxy) is 2. The van der Waals surface area contributed by atoms with Gasteiger partial charge in [0.25, 0.3) is 0 Å². The van der Waals surface area contributed by atoms with Crippen LogP contribution < -0.4 is 0 Å². The number of aliphatic hydroxyl groups excluding tert-OH is 1. The summed E-state index contributed by atoms with van der Waals surface area (Å²) in [5, 5.41) is 33.8. The number of fused-ring (bicyclic) bond motifs is 5. The normalized spacial score (nSPS) is 55.2. The second kappa shape index (κ2) is 5.89. The molecule has 170 valence electrons. The van der Waals surface area contributed by atoms with E-state index < -0.39 is 41.4 Å². The lowest BCUT2D eigenvalue weighted by Gasteiger charge is -2.53. The van der Waals surface area contributed by atoms with Gasteiger partial charge in [-0.15, -0.1) is 0 Å². The first-order chi connectivity index (χ1) is 14.5. The smallest absolute Gasteiger partial charge is 0.207 e. The van der Waals surface area contributed by atoms with Crippen molar-refractivity contribution >= 4 is 5.78 Å². The lowest BCUT2D eigenvalue weighted by Crippen LogP contribution is -2.75. The van der Waals surface area contributed by atoms with Gasteiger partial charge in [0.1, 0.15) is 6.10 Å². The summed E-state index contributed by atoms with van der Waals surface area (Å²) in [5.74, 6) is -0.749. The molecule has 2 bridgehead atoms. The molecule has 0 amide bonds. The van der Waals surface area contributed by atoms with Gasteiger partial charge in [-0.2, -0.15) is 0 Å². The van der Waals surface area contributed by atoms with Gasteiger partial charge in [0.15, 0.2) is 17.5 Å². The number of allylic oxidation sites excluding steroid dienone is 3. The first-order valence-corrected chi connectivity index (χ1v) is 11.9. The lowest BCUT2D eigenvalue weighted by molar-refractivity contribution is -0.271. The SMILES string of the molecule is CC(C)C1=C2[C@H]3CC=C4[C@@H]5[C@H](O[C@@H]6OC[C@](O)(C(=O)[C@@]65O)[C@@H]4O)[C@]3(C)CC[C@@]2(C)CC1. The number of hydrogen-bond acceptors (Lipinski definition) is 6. The molecule has 2 saturated heterocycles. The van der Waals surface area contributed by atoms with Crippen LogP contribution in [0.5, 0.6) is 0 Å². The van der Waals surface area contributed by atoms with Crippen molar-refractivity contribution in [3.63, 3.8) is 0 Å². The van der Waals surface area contributed by atoms with Crippen molar-refractivity contribution < 1.29 is 29.6 Å². The van der Waals surface area contributed by atoms with Crippen LogP contribution in [-0.4, -0.2) is 57.4 Å². The third-order valence-electron chi connectivity index (χ3n) is 9.98. The summed E-state index contributed by atoms with van der Waals surface area (Å²) in [4.78, 5) is 13.2. The summed E-state index contributed by atoms with van der Waals surface area (Å²) < 4.78 is 12.1. The molecule has 0 aromatic heterocycles. The minimum Gasteiger partial charge on any atom is -0.385 e. The quantitative estimate of drug-likeness (QED) is 0.553. The minimum atomic E-state index is -2.12. The summed E-state index contributed by atoms with van der Waals surface area (Å²) in [6, 6.07) is 0. The van der Waals surface area contributed by atoms with Gasteiger partial charge in [0.05, 0.1) is 18.6 Å². The van der Waals surface area contributed by atoms with Crippen LogP contribution in [0.4, 0.5) is 0 Å². The average molecular weight is 431 g/mol. The van der Waals surface area contributed by atoms with Crippen LogP contribution >= 0.6 is 0 Å². The molecule has 3 N–H and O–H groups in total. The summed E-state index contributed by atoms with van der Waals surface area (Å²) in [7, 11) is 0. The molecule has 2 aliphatic heterocycles. The van der Waals surface area contributed by atoms with Gasteiger partial charge >= 0.3 is 0 Å². The Kier molecular flexibility index (Phi) is 3.91. The van der Waals surface area contributed by atoms with Crippen molar-refractivity contribution in [2.24, 2.45) is 28.6 Å². The van der Waals surface area contributed by atoms with Crippen LogP contribution in [0.1, 0.15) is 59.8 Å². The van der Waals surface area contributed by atoms with Crippen molar-refractivity contribution in [1.82, 2.24) is 0 Å². The molecule has 0 spiro atoms. The van der Waals surface area contributed by atoms with Crippen LogP contribution in [-0.2, 0) is 14.3 Å². The topological polar surface area (TPSA) is 96.2 Å². The maximum absolute atomic E-state index is 13.2. The summed E-state index contributed by atoms with van der Waals surface area (Å²) >= 11 is 0. The first-order valence-electron chi connectivity index (χ1n) is 11.9. The Morgan fingerprint density at radius 2 is 1.90 bits per heavy atom. The van der Waals surface area contributed by atoms with Crippen LogP contribution in [0, 0.1) is 28.6 Å². The van der Waals surface area contributed by atoms with E-state index in [1.165, 1.54) is 12.0 Å². The van der Waals surface area contributed by atoms with E-state index in [1.54, 1.807) is 5.57 Å². The number of carbonyl (C=O) groups excluding carboxylic acids is 1. The highest BCUT2D eigenvalue weighted by Gasteiger charge is 2.77. The molecule has 6 aliphatic rings. The van der Waals surface area contributed by atoms with Crippen molar-refractivity contribution in [1.29, 1.82) is 0 Å². The largest absolute Gasteiger partial charge is 0.385 e. The monoisotopic (exact) mass is 430 g/mol. The molecule has 6 rings (SSSR count). The summed E-state index contributed by atoms with van der Waals surface area (Å²) in [5.41, 5.74) is -0.552. The Hall–Kier alpha value is -1.05. The molecule has 4 aliphatic carbocycles. The van der Waals surface area contributed by atoms with Gasteiger partial charge < -0.3 is 24.8 Å². The number of carbonyl (C=O) groups is 1. The Bertz CT molecular complexity index is 936. The highest BCUT2D eigenvalue weighted by molar-refractivity contribution is 5.99. The highest BCUT2D eigenvalue weighted by Crippen LogP contribution is 2.67. The highest BCUT2D eigenvalue weighted by atomic mass is 16.7. The Morgan fingerprint density at radius 1 is 1.16 bits per heavy atom. The Labute approximate surface area is 183 Å². The Balaban J connectivity index is 1.56. The van der Waals surface area contributed by atoms with E-state index in [-0.39, 0.29) is 23.4 Å². The number of aliphatic hydroxyl groups is 3. The molecule has 0 unspecified atom stereocenters. The van der Waals surface area contributed by atoms with E-state index in [0.29, 0.717) is 11.5 Å². The first kappa shape index (κ1) is 20.5. The van der Waals surface area contributed by atoms with E-state index in [1.807, 2.05) is 6.08 Å². The third kappa shape index (κ3) is 2.15. The van der Waals surface area contributed by atoms with Gasteiger partial charge in [0, 0.05) is 5.41 Å². The molecule has 9 atom stereocenters. The molecule has 2 saturated carbocycles. The van der Waals surface area contributed by atoms with Crippen molar-refractivity contribution in [2.75, 3.05) is 6.61 Å². The molecule has 0 radical (unpaired) electrons. The predicted molar refractivity (Wildman–Crippen MR) is 112 cm³/mol. The summed E-state index contributed by atoms with van der Waals surface area (Å²) in [6.45, 7) is 8.80.